The van der Waals surface area contributed by atoms with E-state index in [9.17, 15) is 13.6 Å². The van der Waals surface area contributed by atoms with Crippen LogP contribution in [0.2, 0.25) is 0 Å². The maximum Gasteiger partial charge on any atom is 0.242 e. The van der Waals surface area contributed by atoms with E-state index in [0.717, 1.165) is 56.5 Å². The smallest absolute Gasteiger partial charge is 0.242 e. The van der Waals surface area contributed by atoms with Crippen LogP contribution < -0.4 is 4.31 Å². The third-order valence-electron chi connectivity index (χ3n) is 6.44. The lowest BCUT2D eigenvalue weighted by atomic mass is 10.0. The van der Waals surface area contributed by atoms with Gasteiger partial charge < -0.3 is 9.12 Å². The first-order valence-electron chi connectivity index (χ1n) is 12.2. The van der Waals surface area contributed by atoms with Gasteiger partial charge in [0.2, 0.25) is 5.91 Å². The van der Waals surface area contributed by atoms with E-state index in [0.29, 0.717) is 24.9 Å². The molecule has 186 valence electrons. The Morgan fingerprint density at radius 3 is 2.58 bits per heavy atom. The van der Waals surface area contributed by atoms with Crippen LogP contribution in [0.3, 0.4) is 0 Å². The molecule has 1 unspecified atom stereocenters. The molecular weight excluding hydrogens is 474 g/mol. The van der Waals surface area contributed by atoms with Crippen LogP contribution in [0.25, 0.3) is 22.3 Å². The van der Waals surface area contributed by atoms with Crippen molar-refractivity contribution in [2.75, 3.05) is 4.31 Å². The van der Waals surface area contributed by atoms with Crippen molar-refractivity contribution in [3.05, 3.63) is 71.3 Å². The molecule has 1 fully saturated rings. The van der Waals surface area contributed by atoms with E-state index >= 15 is 0 Å². The number of pyridine rings is 2. The van der Waals surface area contributed by atoms with Crippen molar-refractivity contribution in [1.29, 1.82) is 0 Å². The SMILES string of the molecule is CCCc1nc2c(C)cc(C)nc2n1Cc1ccc(-c2cccnc2N(C(=O)C2CC2)S(=O)[O-])cc1. The number of carbonyl (C=O) groups excluding carboxylic acids is 1. The highest BCUT2D eigenvalue weighted by Crippen LogP contribution is 2.36. The topological polar surface area (TPSA) is 104 Å². The zero-order chi connectivity index (χ0) is 25.4. The molecule has 8 nitrogen and oxygen atoms in total. The Kier molecular flexibility index (Phi) is 6.68. The maximum atomic E-state index is 12.7. The first-order chi connectivity index (χ1) is 17.4. The highest BCUT2D eigenvalue weighted by atomic mass is 32.2. The fourth-order valence-corrected chi connectivity index (χ4v) is 5.11. The number of anilines is 1. The number of hydrogen-bond acceptors (Lipinski definition) is 6. The minimum atomic E-state index is -2.74. The molecule has 5 rings (SSSR count). The van der Waals surface area contributed by atoms with Crippen molar-refractivity contribution in [1.82, 2.24) is 19.5 Å². The van der Waals surface area contributed by atoms with Gasteiger partial charge in [0.05, 0.1) is 17.8 Å². The first kappa shape index (κ1) is 24.3. The highest BCUT2D eigenvalue weighted by molar-refractivity contribution is 7.81. The second kappa shape index (κ2) is 9.91. The number of aryl methyl sites for hydroxylation is 3. The van der Waals surface area contributed by atoms with Crippen molar-refractivity contribution in [3.8, 4) is 11.1 Å². The molecule has 0 N–H and O–H groups in total. The molecule has 4 aromatic rings. The standard InChI is InChI=1S/C27H29N5O3S/c1-4-6-23-30-24-17(2)15-18(3)29-26(24)31(23)16-19-8-10-20(11-9-19)22-7-5-14-28-25(22)32(36(34)35)27(33)21-12-13-21/h5,7-11,14-15,21H,4,6,12-13,16H2,1-3H3,(H,34,35)/p-1. The molecular formula is C27H28N5O3S-. The second-order valence-corrected chi connectivity index (χ2v) is 10.1. The third-order valence-corrected chi connectivity index (χ3v) is 7.09. The third kappa shape index (κ3) is 4.68. The number of fused-ring (bicyclic) bond motifs is 1. The van der Waals surface area contributed by atoms with Crippen LogP contribution in [-0.4, -0.2) is 34.2 Å². The molecule has 0 bridgehead atoms. The Bertz CT molecular complexity index is 1460. The van der Waals surface area contributed by atoms with Crippen molar-refractivity contribution in [3.63, 3.8) is 0 Å². The van der Waals surface area contributed by atoms with Gasteiger partial charge >= 0.3 is 0 Å². The summed E-state index contributed by atoms with van der Waals surface area (Å²) in [4.78, 5) is 26.6. The minimum absolute atomic E-state index is 0.136. The van der Waals surface area contributed by atoms with Gasteiger partial charge in [-0.15, -0.1) is 0 Å². The normalized spacial score (nSPS) is 14.2. The van der Waals surface area contributed by atoms with Crippen molar-refractivity contribution < 1.29 is 13.6 Å². The van der Waals surface area contributed by atoms with Crippen LogP contribution in [-0.2, 0) is 29.0 Å². The first-order valence-corrected chi connectivity index (χ1v) is 13.2. The van der Waals surface area contributed by atoms with Crippen LogP contribution in [0.15, 0.2) is 48.7 Å². The second-order valence-electron chi connectivity index (χ2n) is 9.31. The number of benzene rings is 1. The molecule has 3 aromatic heterocycles. The van der Waals surface area contributed by atoms with E-state index in [-0.39, 0.29) is 11.7 Å². The van der Waals surface area contributed by atoms with Gasteiger partial charge in [-0.1, -0.05) is 31.2 Å². The van der Waals surface area contributed by atoms with Crippen molar-refractivity contribution >= 4 is 34.2 Å². The number of carbonyl (C=O) groups is 1. The summed E-state index contributed by atoms with van der Waals surface area (Å²) in [6, 6.07) is 13.5. The average molecular weight is 503 g/mol. The number of nitrogens with zero attached hydrogens (tertiary/aromatic N) is 5. The molecule has 0 spiro atoms. The van der Waals surface area contributed by atoms with Crippen LogP contribution in [0.1, 0.15) is 48.8 Å². The Morgan fingerprint density at radius 2 is 1.92 bits per heavy atom. The Morgan fingerprint density at radius 1 is 1.17 bits per heavy atom. The molecule has 1 atom stereocenters. The van der Waals surface area contributed by atoms with Crippen LogP contribution in [0, 0.1) is 19.8 Å². The number of aromatic nitrogens is 4. The molecule has 1 aromatic carbocycles. The highest BCUT2D eigenvalue weighted by Gasteiger charge is 2.36. The average Bonchev–Trinajstić information content (AvgIpc) is 3.65. The molecule has 3 heterocycles. The molecule has 0 aliphatic heterocycles. The van der Waals surface area contributed by atoms with Crippen molar-refractivity contribution in [2.24, 2.45) is 5.92 Å². The zero-order valence-electron chi connectivity index (χ0n) is 20.6. The maximum absolute atomic E-state index is 12.7. The molecule has 9 heteroatoms. The van der Waals surface area contributed by atoms with E-state index in [1.807, 2.05) is 31.2 Å². The fourth-order valence-electron chi connectivity index (χ4n) is 4.53. The summed E-state index contributed by atoms with van der Waals surface area (Å²) in [6.45, 7) is 6.83. The van der Waals surface area contributed by atoms with Gasteiger partial charge in [0.15, 0.2) is 11.5 Å². The lowest BCUT2D eigenvalue weighted by Gasteiger charge is -2.25. The predicted molar refractivity (Wildman–Crippen MR) is 139 cm³/mol. The summed E-state index contributed by atoms with van der Waals surface area (Å²) < 4.78 is 26.9. The summed E-state index contributed by atoms with van der Waals surface area (Å²) in [5.74, 6) is 0.479. The van der Waals surface area contributed by atoms with E-state index in [4.69, 9.17) is 9.97 Å². The molecule has 1 aliphatic rings. The number of amides is 1. The largest absolute Gasteiger partial charge is 0.755 e. The lowest BCUT2D eigenvalue weighted by Crippen LogP contribution is -2.34. The number of imidazole rings is 1. The molecule has 1 aliphatic carbocycles. The van der Waals surface area contributed by atoms with Gasteiger partial charge in [-0.25, -0.2) is 19.3 Å². The van der Waals surface area contributed by atoms with Crippen LogP contribution >= 0.6 is 0 Å². The molecule has 1 saturated carbocycles. The van der Waals surface area contributed by atoms with E-state index in [1.165, 1.54) is 6.20 Å². The van der Waals surface area contributed by atoms with E-state index in [1.54, 1.807) is 12.1 Å². The van der Waals surface area contributed by atoms with Crippen LogP contribution in [0.4, 0.5) is 5.82 Å². The van der Waals surface area contributed by atoms with Gasteiger partial charge in [-0.05, 0) is 68.0 Å². The summed E-state index contributed by atoms with van der Waals surface area (Å²) in [5, 5.41) is 0. The molecule has 0 radical (unpaired) electrons. The van der Waals surface area contributed by atoms with Gasteiger partial charge in [0.25, 0.3) is 0 Å². The number of hydrogen-bond donors (Lipinski definition) is 0. The predicted octanol–water partition coefficient (Wildman–Crippen LogP) is 4.65. The lowest BCUT2D eigenvalue weighted by molar-refractivity contribution is -0.118. The van der Waals surface area contributed by atoms with Crippen molar-refractivity contribution in [2.45, 2.75) is 53.0 Å². The summed E-state index contributed by atoms with van der Waals surface area (Å²) in [5.41, 5.74) is 6.36. The Labute approximate surface area is 212 Å². The molecule has 1 amide bonds. The molecule has 36 heavy (non-hydrogen) atoms. The summed E-state index contributed by atoms with van der Waals surface area (Å²) in [6.07, 6.45) is 4.77. The number of rotatable bonds is 8. The van der Waals surface area contributed by atoms with E-state index in [2.05, 4.69) is 29.5 Å². The fraction of sp³-hybridized carbons (Fsp3) is 0.333. The zero-order valence-corrected chi connectivity index (χ0v) is 21.4. The summed E-state index contributed by atoms with van der Waals surface area (Å²) in [7, 11) is 0. The van der Waals surface area contributed by atoms with Gasteiger partial charge in [-0.2, -0.15) is 0 Å². The summed E-state index contributed by atoms with van der Waals surface area (Å²) >= 11 is -2.74. The monoisotopic (exact) mass is 502 g/mol. The van der Waals surface area contributed by atoms with Gasteiger partial charge in [0, 0.05) is 29.8 Å². The minimum Gasteiger partial charge on any atom is -0.755 e. The quantitative estimate of drug-likeness (QED) is 0.325. The van der Waals surface area contributed by atoms with Crippen LogP contribution in [0.5, 0.6) is 0 Å². The Hall–Kier alpha value is -3.43. The van der Waals surface area contributed by atoms with Gasteiger partial charge in [0.1, 0.15) is 11.3 Å². The van der Waals surface area contributed by atoms with E-state index < -0.39 is 17.2 Å². The Balaban J connectivity index is 1.49. The van der Waals surface area contributed by atoms with Gasteiger partial charge in [-0.3, -0.25) is 9.00 Å². The molecule has 0 saturated heterocycles.